The maximum absolute atomic E-state index is 5.86. The third kappa shape index (κ3) is 2.39. The van der Waals surface area contributed by atoms with Crippen LogP contribution in [0, 0.1) is 0 Å². The van der Waals surface area contributed by atoms with Crippen molar-refractivity contribution in [3.05, 3.63) is 35.9 Å². The molecule has 0 saturated heterocycles. The van der Waals surface area contributed by atoms with E-state index in [0.717, 1.165) is 16.7 Å². The largest absolute Gasteiger partial charge is 0.351 e. The summed E-state index contributed by atoms with van der Waals surface area (Å²) in [6.07, 6.45) is 0. The zero-order chi connectivity index (χ0) is 13.9. The maximum atomic E-state index is 5.86. The summed E-state index contributed by atoms with van der Waals surface area (Å²) in [7, 11) is 1.92. The number of fused-ring (bicyclic) bond motifs is 1. The molecule has 0 aliphatic carbocycles. The van der Waals surface area contributed by atoms with E-state index in [-0.39, 0.29) is 5.88 Å². The molecule has 3 rings (SSSR count). The van der Waals surface area contributed by atoms with Gasteiger partial charge in [0.05, 0.1) is 17.9 Å². The molecule has 7 nitrogen and oxygen atoms in total. The smallest absolute Gasteiger partial charge is 0.193 e. The highest BCUT2D eigenvalue weighted by Gasteiger charge is 2.13. The minimum atomic E-state index is 0.272. The number of tetrazole rings is 1. The van der Waals surface area contributed by atoms with E-state index in [2.05, 4.69) is 30.6 Å². The Bertz CT molecular complexity index is 713. The van der Waals surface area contributed by atoms with Crippen LogP contribution in [0.2, 0.25) is 0 Å². The van der Waals surface area contributed by atoms with Gasteiger partial charge in [-0.05, 0) is 12.1 Å². The summed E-state index contributed by atoms with van der Waals surface area (Å²) in [6.45, 7) is 0.499. The van der Waals surface area contributed by atoms with E-state index in [4.69, 9.17) is 11.6 Å². The minimum absolute atomic E-state index is 0.272. The van der Waals surface area contributed by atoms with E-state index in [9.17, 15) is 0 Å². The zero-order valence-electron chi connectivity index (χ0n) is 10.8. The molecule has 0 aliphatic heterocycles. The van der Waals surface area contributed by atoms with Gasteiger partial charge >= 0.3 is 0 Å². The molecule has 0 fully saturated rings. The van der Waals surface area contributed by atoms with E-state index < -0.39 is 0 Å². The van der Waals surface area contributed by atoms with Crippen LogP contribution >= 0.6 is 11.6 Å². The molecule has 0 radical (unpaired) electrons. The van der Waals surface area contributed by atoms with Crippen LogP contribution in [0.4, 0.5) is 5.82 Å². The monoisotopic (exact) mass is 289 g/mol. The van der Waals surface area contributed by atoms with Gasteiger partial charge in [0.25, 0.3) is 0 Å². The molecule has 0 unspecified atom stereocenters. The third-order valence-electron chi connectivity index (χ3n) is 2.88. The second-order valence-electron chi connectivity index (χ2n) is 4.30. The Morgan fingerprint density at radius 3 is 2.80 bits per heavy atom. The highest BCUT2D eigenvalue weighted by atomic mass is 35.5. The summed E-state index contributed by atoms with van der Waals surface area (Å²) in [5, 5.41) is 14.8. The number of rotatable bonds is 4. The summed E-state index contributed by atoms with van der Waals surface area (Å²) in [4.78, 5) is 10.9. The highest BCUT2D eigenvalue weighted by Crippen LogP contribution is 2.24. The van der Waals surface area contributed by atoms with Crippen molar-refractivity contribution in [3.63, 3.8) is 0 Å². The number of anilines is 1. The third-order valence-corrected chi connectivity index (χ3v) is 3.12. The maximum Gasteiger partial charge on any atom is 0.193 e. The zero-order valence-corrected chi connectivity index (χ0v) is 11.5. The van der Waals surface area contributed by atoms with Crippen molar-refractivity contribution in [1.29, 1.82) is 0 Å². The number of halogens is 1. The fourth-order valence-electron chi connectivity index (χ4n) is 1.99. The van der Waals surface area contributed by atoms with Gasteiger partial charge in [-0.25, -0.2) is 9.97 Å². The lowest BCUT2D eigenvalue weighted by Crippen LogP contribution is -2.20. The lowest BCUT2D eigenvalue weighted by Gasteiger charge is -2.18. The molecule has 20 heavy (non-hydrogen) atoms. The molecule has 3 aromatic rings. The minimum Gasteiger partial charge on any atom is -0.351 e. The van der Waals surface area contributed by atoms with Crippen LogP contribution in [-0.4, -0.2) is 37.6 Å². The number of hydrogen-bond donors (Lipinski definition) is 1. The molecule has 0 bridgehead atoms. The first-order valence-electron chi connectivity index (χ1n) is 6.03. The molecule has 0 amide bonds. The Labute approximate surface area is 120 Å². The summed E-state index contributed by atoms with van der Waals surface area (Å²) >= 11 is 5.86. The summed E-state index contributed by atoms with van der Waals surface area (Å²) < 4.78 is 0. The molecule has 0 aliphatic rings. The van der Waals surface area contributed by atoms with Gasteiger partial charge < -0.3 is 4.90 Å². The number of nitrogens with zero attached hydrogens (tertiary/aromatic N) is 6. The van der Waals surface area contributed by atoms with Gasteiger partial charge in [0.15, 0.2) is 5.82 Å². The van der Waals surface area contributed by atoms with E-state index in [1.54, 1.807) is 0 Å². The normalized spacial score (nSPS) is 10.9. The highest BCUT2D eigenvalue weighted by molar-refractivity contribution is 6.16. The number of aromatic nitrogens is 6. The average Bonchev–Trinajstić information content (AvgIpc) is 2.98. The van der Waals surface area contributed by atoms with Gasteiger partial charge in [-0.15, -0.1) is 21.8 Å². The van der Waals surface area contributed by atoms with Crippen molar-refractivity contribution in [2.75, 3.05) is 11.9 Å². The molecule has 0 atom stereocenters. The lowest BCUT2D eigenvalue weighted by atomic mass is 10.2. The second kappa shape index (κ2) is 5.38. The number of para-hydroxylation sites is 1. The summed E-state index contributed by atoms with van der Waals surface area (Å²) in [6, 6.07) is 7.82. The summed E-state index contributed by atoms with van der Waals surface area (Å²) in [5.41, 5.74) is 0.869. The van der Waals surface area contributed by atoms with Crippen molar-refractivity contribution in [1.82, 2.24) is 30.6 Å². The predicted molar refractivity (Wildman–Crippen MR) is 75.4 cm³/mol. The standard InChI is InChI=1S/C12H12ClN7/c1-20(7-11-16-18-19-17-11)12-8-4-2-3-5-9(8)14-10(6-13)15-12/h2-5H,6-7H2,1H3,(H,16,17,18,19). The van der Waals surface area contributed by atoms with Gasteiger partial charge in [0.2, 0.25) is 0 Å². The molecule has 8 heteroatoms. The first kappa shape index (κ1) is 12.7. The SMILES string of the molecule is CN(Cc1nn[nH]n1)c1nc(CCl)nc2ccccc12. The molecular formula is C12H12ClN7. The molecular weight excluding hydrogens is 278 g/mol. The molecule has 2 aromatic heterocycles. The van der Waals surface area contributed by atoms with E-state index in [0.29, 0.717) is 18.2 Å². The predicted octanol–water partition coefficient (Wildman–Crippen LogP) is 1.52. The number of aromatic amines is 1. The summed E-state index contributed by atoms with van der Waals surface area (Å²) in [5.74, 6) is 2.27. The van der Waals surface area contributed by atoms with Gasteiger partial charge in [0, 0.05) is 12.4 Å². The number of hydrogen-bond acceptors (Lipinski definition) is 6. The first-order chi connectivity index (χ1) is 9.78. The Morgan fingerprint density at radius 2 is 2.05 bits per heavy atom. The van der Waals surface area contributed by atoms with Crippen molar-refractivity contribution >= 4 is 28.3 Å². The molecule has 0 saturated carbocycles. The van der Waals surface area contributed by atoms with Gasteiger partial charge in [-0.2, -0.15) is 5.21 Å². The van der Waals surface area contributed by atoms with Crippen LogP contribution in [0.1, 0.15) is 11.6 Å². The topological polar surface area (TPSA) is 83.5 Å². The quantitative estimate of drug-likeness (QED) is 0.733. The second-order valence-corrected chi connectivity index (χ2v) is 4.57. The Hall–Kier alpha value is -2.28. The Kier molecular flexibility index (Phi) is 3.42. The van der Waals surface area contributed by atoms with Crippen LogP contribution in [-0.2, 0) is 12.4 Å². The van der Waals surface area contributed by atoms with E-state index in [1.807, 2.05) is 36.2 Å². The van der Waals surface area contributed by atoms with Crippen LogP contribution in [0.5, 0.6) is 0 Å². The van der Waals surface area contributed by atoms with Gasteiger partial charge in [0.1, 0.15) is 11.6 Å². The van der Waals surface area contributed by atoms with Crippen LogP contribution in [0.25, 0.3) is 10.9 Å². The molecule has 1 N–H and O–H groups in total. The Morgan fingerprint density at radius 1 is 1.20 bits per heavy atom. The van der Waals surface area contributed by atoms with Gasteiger partial charge in [-0.3, -0.25) is 0 Å². The van der Waals surface area contributed by atoms with Crippen LogP contribution in [0.3, 0.4) is 0 Å². The lowest BCUT2D eigenvalue weighted by molar-refractivity contribution is 0.825. The van der Waals surface area contributed by atoms with Crippen molar-refractivity contribution in [3.8, 4) is 0 Å². The van der Waals surface area contributed by atoms with Crippen molar-refractivity contribution in [2.45, 2.75) is 12.4 Å². The van der Waals surface area contributed by atoms with Crippen molar-refractivity contribution < 1.29 is 0 Å². The molecule has 2 heterocycles. The molecule has 1 aromatic carbocycles. The van der Waals surface area contributed by atoms with Crippen LogP contribution in [0.15, 0.2) is 24.3 Å². The molecule has 0 spiro atoms. The first-order valence-corrected chi connectivity index (χ1v) is 6.56. The fourth-order valence-corrected chi connectivity index (χ4v) is 2.11. The molecule has 102 valence electrons. The fraction of sp³-hybridized carbons (Fsp3) is 0.250. The van der Waals surface area contributed by atoms with Crippen LogP contribution < -0.4 is 4.90 Å². The number of nitrogens with one attached hydrogen (secondary N) is 1. The Balaban J connectivity index is 2.04. The van der Waals surface area contributed by atoms with Gasteiger partial charge in [-0.1, -0.05) is 17.3 Å². The number of alkyl halides is 1. The van der Waals surface area contributed by atoms with E-state index in [1.165, 1.54) is 0 Å². The average molecular weight is 290 g/mol. The number of H-pyrrole nitrogens is 1. The van der Waals surface area contributed by atoms with E-state index >= 15 is 0 Å². The van der Waals surface area contributed by atoms with Crippen molar-refractivity contribution in [2.24, 2.45) is 0 Å². The number of benzene rings is 1.